The first-order valence-electron chi connectivity index (χ1n) is 6.59. The number of rotatable bonds is 2. The van der Waals surface area contributed by atoms with E-state index in [1.165, 1.54) is 23.8 Å². The van der Waals surface area contributed by atoms with Gasteiger partial charge in [0.15, 0.2) is 0 Å². The third kappa shape index (κ3) is 2.61. The van der Waals surface area contributed by atoms with E-state index in [1.54, 1.807) is 18.2 Å². The number of halogens is 1. The van der Waals surface area contributed by atoms with Gasteiger partial charge in [0.25, 0.3) is 0 Å². The second kappa shape index (κ2) is 6.14. The summed E-state index contributed by atoms with van der Waals surface area (Å²) in [7, 11) is 1.50. The lowest BCUT2D eigenvalue weighted by Crippen LogP contribution is -2.32. The number of thiocarbonyl (C=S) groups is 1. The van der Waals surface area contributed by atoms with E-state index in [1.807, 2.05) is 18.2 Å². The van der Waals surface area contributed by atoms with Crippen molar-refractivity contribution in [3.05, 3.63) is 40.9 Å². The SMILES string of the molecule is COC(=S)SC1C=C[C@H]2C(=O)N(c3ccc(Br)cc3)C(=O)[C@@H]12. The molecule has 0 radical (unpaired) electrons. The van der Waals surface area contributed by atoms with Crippen LogP contribution in [-0.2, 0) is 14.3 Å². The molecule has 1 heterocycles. The number of benzene rings is 1. The van der Waals surface area contributed by atoms with E-state index in [9.17, 15) is 9.59 Å². The number of thioether (sulfide) groups is 1. The second-order valence-electron chi connectivity index (χ2n) is 4.96. The second-order valence-corrected chi connectivity index (χ2v) is 7.66. The molecule has 0 bridgehead atoms. The number of ether oxygens (including phenoxy) is 1. The molecule has 1 saturated heterocycles. The fourth-order valence-corrected chi connectivity index (χ4v) is 4.24. The van der Waals surface area contributed by atoms with Gasteiger partial charge < -0.3 is 4.74 Å². The number of nitrogens with zero attached hydrogens (tertiary/aromatic N) is 1. The largest absolute Gasteiger partial charge is 0.482 e. The van der Waals surface area contributed by atoms with Gasteiger partial charge in [0, 0.05) is 9.72 Å². The summed E-state index contributed by atoms with van der Waals surface area (Å²) < 4.78 is 6.26. The van der Waals surface area contributed by atoms with Crippen LogP contribution in [0.2, 0.25) is 0 Å². The lowest BCUT2D eigenvalue weighted by Gasteiger charge is -2.18. The Balaban J connectivity index is 1.87. The summed E-state index contributed by atoms with van der Waals surface area (Å²) in [6, 6.07) is 7.14. The molecule has 0 spiro atoms. The van der Waals surface area contributed by atoms with Crippen LogP contribution in [0.15, 0.2) is 40.9 Å². The van der Waals surface area contributed by atoms with Crippen molar-refractivity contribution in [1.82, 2.24) is 0 Å². The summed E-state index contributed by atoms with van der Waals surface area (Å²) in [5.74, 6) is -1.18. The maximum absolute atomic E-state index is 12.7. The monoisotopic (exact) mass is 397 g/mol. The third-order valence-electron chi connectivity index (χ3n) is 3.74. The quantitative estimate of drug-likeness (QED) is 0.435. The standard InChI is InChI=1S/C15H12BrNO3S2/c1-20-15(21)22-11-7-6-10-12(11)14(19)17(13(10)18)9-4-2-8(16)3-5-9/h2-7,10-12H,1H3/t10-,11?,12-/m1/s1. The van der Waals surface area contributed by atoms with Crippen molar-refractivity contribution in [3.8, 4) is 0 Å². The van der Waals surface area contributed by atoms with Gasteiger partial charge in [0.1, 0.15) is 0 Å². The Kier molecular flexibility index (Phi) is 4.38. The summed E-state index contributed by atoms with van der Waals surface area (Å²) in [6.07, 6.45) is 3.68. The number of hydrogen-bond acceptors (Lipinski definition) is 5. The van der Waals surface area contributed by atoms with Gasteiger partial charge >= 0.3 is 0 Å². The highest BCUT2D eigenvalue weighted by atomic mass is 79.9. The summed E-state index contributed by atoms with van der Waals surface area (Å²) in [5, 5.41) is -0.158. The molecule has 3 atom stereocenters. The van der Waals surface area contributed by atoms with E-state index in [0.29, 0.717) is 10.1 Å². The van der Waals surface area contributed by atoms with Crippen molar-refractivity contribution < 1.29 is 14.3 Å². The summed E-state index contributed by atoms with van der Waals surface area (Å²) in [6.45, 7) is 0. The maximum atomic E-state index is 12.7. The fourth-order valence-electron chi connectivity index (χ4n) is 2.73. The van der Waals surface area contributed by atoms with Gasteiger partial charge in [-0.05, 0) is 36.5 Å². The molecule has 1 aromatic rings. The normalized spacial score (nSPS) is 26.5. The smallest absolute Gasteiger partial charge is 0.241 e. The third-order valence-corrected chi connectivity index (χ3v) is 5.81. The zero-order chi connectivity index (χ0) is 15.9. The average Bonchev–Trinajstić information content (AvgIpc) is 3.02. The molecule has 0 aromatic heterocycles. The minimum absolute atomic E-state index is 0.158. The Labute approximate surface area is 146 Å². The zero-order valence-corrected chi connectivity index (χ0v) is 14.8. The minimum Gasteiger partial charge on any atom is -0.482 e. The Bertz CT molecular complexity index is 674. The highest BCUT2D eigenvalue weighted by molar-refractivity contribution is 9.10. The molecule has 4 nitrogen and oxygen atoms in total. The highest BCUT2D eigenvalue weighted by Gasteiger charge is 2.52. The lowest BCUT2D eigenvalue weighted by molar-refractivity contribution is -0.122. The van der Waals surface area contributed by atoms with Crippen molar-refractivity contribution in [2.75, 3.05) is 12.0 Å². The van der Waals surface area contributed by atoms with Crippen molar-refractivity contribution in [1.29, 1.82) is 0 Å². The van der Waals surface area contributed by atoms with E-state index in [4.69, 9.17) is 17.0 Å². The molecule has 0 saturated carbocycles. The van der Waals surface area contributed by atoms with E-state index in [-0.39, 0.29) is 17.1 Å². The molecule has 1 fully saturated rings. The number of hydrogen-bond donors (Lipinski definition) is 0. The molecule has 0 N–H and O–H groups in total. The summed E-state index contributed by atoms with van der Waals surface area (Å²) in [5.41, 5.74) is 0.596. The van der Waals surface area contributed by atoms with Gasteiger partial charge in [0.05, 0.1) is 24.6 Å². The van der Waals surface area contributed by atoms with Gasteiger partial charge in [-0.15, -0.1) is 0 Å². The number of amides is 2. The molecule has 7 heteroatoms. The maximum Gasteiger partial charge on any atom is 0.241 e. The number of carbonyl (C=O) groups excluding carboxylic acids is 2. The number of carbonyl (C=O) groups is 2. The topological polar surface area (TPSA) is 46.6 Å². The van der Waals surface area contributed by atoms with Crippen molar-refractivity contribution in [3.63, 3.8) is 0 Å². The molecule has 2 aliphatic rings. The predicted molar refractivity (Wildman–Crippen MR) is 93.7 cm³/mol. The Morgan fingerprint density at radius 1 is 1.23 bits per heavy atom. The average molecular weight is 398 g/mol. The zero-order valence-electron chi connectivity index (χ0n) is 11.6. The molecule has 1 aromatic carbocycles. The van der Waals surface area contributed by atoms with Crippen LogP contribution >= 0.6 is 39.9 Å². The Morgan fingerprint density at radius 2 is 1.91 bits per heavy atom. The van der Waals surface area contributed by atoms with Gasteiger partial charge in [0.2, 0.25) is 16.2 Å². The summed E-state index contributed by atoms with van der Waals surface area (Å²) >= 11 is 9.70. The van der Waals surface area contributed by atoms with Crippen molar-refractivity contribution in [2.24, 2.45) is 11.8 Å². The molecule has 22 heavy (non-hydrogen) atoms. The van der Waals surface area contributed by atoms with Crippen LogP contribution in [0.25, 0.3) is 0 Å². The minimum atomic E-state index is -0.409. The molecule has 1 aliphatic heterocycles. The van der Waals surface area contributed by atoms with E-state index >= 15 is 0 Å². The first-order chi connectivity index (χ1) is 10.5. The molecule has 2 amide bonds. The van der Waals surface area contributed by atoms with Crippen LogP contribution in [-0.4, -0.2) is 28.6 Å². The van der Waals surface area contributed by atoms with Gasteiger partial charge in [-0.2, -0.15) is 0 Å². The fraction of sp³-hybridized carbons (Fsp3) is 0.267. The number of fused-ring (bicyclic) bond motifs is 1. The first-order valence-corrected chi connectivity index (χ1v) is 8.67. The number of methoxy groups -OCH3 is 1. The molecule has 3 rings (SSSR count). The lowest BCUT2D eigenvalue weighted by atomic mass is 9.99. The van der Waals surface area contributed by atoms with E-state index < -0.39 is 11.8 Å². The van der Waals surface area contributed by atoms with Crippen LogP contribution < -0.4 is 4.90 Å². The van der Waals surface area contributed by atoms with Crippen LogP contribution in [0.3, 0.4) is 0 Å². The van der Waals surface area contributed by atoms with Crippen LogP contribution in [0, 0.1) is 11.8 Å². The van der Waals surface area contributed by atoms with Crippen LogP contribution in [0.5, 0.6) is 0 Å². The molecule has 1 unspecified atom stereocenters. The van der Waals surface area contributed by atoms with Crippen LogP contribution in [0.1, 0.15) is 0 Å². The van der Waals surface area contributed by atoms with Crippen LogP contribution in [0.4, 0.5) is 5.69 Å². The van der Waals surface area contributed by atoms with Crippen molar-refractivity contribution in [2.45, 2.75) is 5.25 Å². The highest BCUT2D eigenvalue weighted by Crippen LogP contribution is 2.43. The summed E-state index contributed by atoms with van der Waals surface area (Å²) in [4.78, 5) is 26.5. The van der Waals surface area contributed by atoms with Crippen molar-refractivity contribution >= 4 is 61.8 Å². The Morgan fingerprint density at radius 3 is 2.55 bits per heavy atom. The van der Waals surface area contributed by atoms with Gasteiger partial charge in [-0.3, -0.25) is 9.59 Å². The van der Waals surface area contributed by atoms with Gasteiger partial charge in [-0.1, -0.05) is 39.8 Å². The first kappa shape index (κ1) is 15.7. The molecular formula is C15H12BrNO3S2. The number of anilines is 1. The molecular weight excluding hydrogens is 386 g/mol. The van der Waals surface area contributed by atoms with Gasteiger partial charge in [-0.25, -0.2) is 4.90 Å². The number of imide groups is 1. The van der Waals surface area contributed by atoms with E-state index in [0.717, 1.165) is 4.47 Å². The molecule has 114 valence electrons. The van der Waals surface area contributed by atoms with E-state index in [2.05, 4.69) is 15.9 Å². The molecule has 1 aliphatic carbocycles. The Hall–Kier alpha value is -1.18. The predicted octanol–water partition coefficient (Wildman–Crippen LogP) is 3.16.